The normalized spacial score (nSPS) is 11.7. The van der Waals surface area contributed by atoms with Crippen molar-refractivity contribution in [3.63, 3.8) is 0 Å². The molecule has 0 aliphatic heterocycles. The first-order valence-corrected chi connectivity index (χ1v) is 6.90. The number of nitrogens with one attached hydrogen (secondary N) is 1. The highest BCUT2D eigenvalue weighted by molar-refractivity contribution is 7.10. The fourth-order valence-corrected chi connectivity index (χ4v) is 2.71. The number of hydrogen-bond donors (Lipinski definition) is 2. The summed E-state index contributed by atoms with van der Waals surface area (Å²) in [7, 11) is 1.29. The summed E-state index contributed by atoms with van der Waals surface area (Å²) in [6, 6.07) is 8.17. The van der Waals surface area contributed by atoms with E-state index >= 15 is 0 Å². The van der Waals surface area contributed by atoms with E-state index in [1.54, 1.807) is 31.2 Å². The minimum atomic E-state index is -1.08. The van der Waals surface area contributed by atoms with E-state index in [1.165, 1.54) is 7.11 Å². The van der Waals surface area contributed by atoms with Crippen LogP contribution >= 0.6 is 11.5 Å². The van der Waals surface area contributed by atoms with Gasteiger partial charge < -0.3 is 15.2 Å². The fourth-order valence-electron chi connectivity index (χ4n) is 1.89. The van der Waals surface area contributed by atoms with Gasteiger partial charge in [-0.05, 0) is 24.0 Å². The molecule has 2 rings (SSSR count). The number of nitrogens with zero attached hydrogens (tertiary/aromatic N) is 1. The van der Waals surface area contributed by atoms with Crippen molar-refractivity contribution in [2.75, 3.05) is 12.4 Å². The minimum Gasteiger partial charge on any atom is -0.478 e. The molecule has 1 heterocycles. The number of rotatable bonds is 5. The van der Waals surface area contributed by atoms with Gasteiger partial charge in [0.2, 0.25) is 0 Å². The first-order chi connectivity index (χ1) is 10.0. The van der Waals surface area contributed by atoms with Crippen LogP contribution in [0, 0.1) is 6.92 Å². The van der Waals surface area contributed by atoms with Crippen molar-refractivity contribution in [1.82, 2.24) is 4.37 Å². The molecule has 2 N–H and O–H groups in total. The Morgan fingerprint density at radius 2 is 2.00 bits per heavy atom. The van der Waals surface area contributed by atoms with Crippen LogP contribution in [0.25, 0.3) is 0 Å². The number of benzene rings is 1. The third-order valence-electron chi connectivity index (χ3n) is 2.92. The number of carbonyl (C=O) groups is 2. The van der Waals surface area contributed by atoms with Crippen LogP contribution in [0.2, 0.25) is 0 Å². The summed E-state index contributed by atoms with van der Waals surface area (Å²) in [5, 5.41) is 12.5. The van der Waals surface area contributed by atoms with Crippen molar-refractivity contribution in [1.29, 1.82) is 0 Å². The number of methoxy groups -OCH3 is 1. The molecule has 0 amide bonds. The monoisotopic (exact) mass is 306 g/mol. The van der Waals surface area contributed by atoms with E-state index < -0.39 is 18.0 Å². The van der Waals surface area contributed by atoms with Crippen LogP contribution < -0.4 is 5.32 Å². The average Bonchev–Trinajstić information content (AvgIpc) is 2.85. The van der Waals surface area contributed by atoms with E-state index in [1.807, 2.05) is 6.07 Å². The van der Waals surface area contributed by atoms with E-state index in [0.717, 1.165) is 11.5 Å². The molecule has 1 aromatic carbocycles. The maximum atomic E-state index is 12.0. The van der Waals surface area contributed by atoms with Gasteiger partial charge in [-0.3, -0.25) is 0 Å². The number of aryl methyl sites for hydroxylation is 1. The van der Waals surface area contributed by atoms with E-state index in [0.29, 0.717) is 16.3 Å². The molecule has 1 aromatic heterocycles. The van der Waals surface area contributed by atoms with Crippen LogP contribution in [0.3, 0.4) is 0 Å². The van der Waals surface area contributed by atoms with Gasteiger partial charge in [0.15, 0.2) is 6.04 Å². The summed E-state index contributed by atoms with van der Waals surface area (Å²) in [6.45, 7) is 1.61. The molecule has 0 bridgehead atoms. The molecule has 2 aromatic rings. The van der Waals surface area contributed by atoms with E-state index in [9.17, 15) is 14.7 Å². The summed E-state index contributed by atoms with van der Waals surface area (Å²) in [4.78, 5) is 23.2. The lowest BCUT2D eigenvalue weighted by Gasteiger charge is -2.17. The molecule has 0 aliphatic carbocycles. The molecule has 0 saturated carbocycles. The van der Waals surface area contributed by atoms with Gasteiger partial charge in [-0.25, -0.2) is 9.59 Å². The molecule has 1 unspecified atom stereocenters. The smallest absolute Gasteiger partial charge is 0.340 e. The molecule has 21 heavy (non-hydrogen) atoms. The number of carboxylic acids is 1. The second-order valence-electron chi connectivity index (χ2n) is 4.29. The highest BCUT2D eigenvalue weighted by Crippen LogP contribution is 2.29. The van der Waals surface area contributed by atoms with E-state index in [2.05, 4.69) is 9.69 Å². The van der Waals surface area contributed by atoms with Crippen LogP contribution in [0.5, 0.6) is 0 Å². The molecule has 0 spiro atoms. The molecule has 1 atom stereocenters. The molecule has 0 saturated heterocycles. The van der Waals surface area contributed by atoms with Crippen molar-refractivity contribution in [2.24, 2.45) is 0 Å². The van der Waals surface area contributed by atoms with Crippen LogP contribution in [0.4, 0.5) is 5.00 Å². The Kier molecular flexibility index (Phi) is 4.54. The van der Waals surface area contributed by atoms with Crippen molar-refractivity contribution >= 4 is 28.5 Å². The van der Waals surface area contributed by atoms with Gasteiger partial charge in [0, 0.05) is 0 Å². The van der Waals surface area contributed by atoms with E-state index in [-0.39, 0.29) is 5.56 Å². The van der Waals surface area contributed by atoms with Gasteiger partial charge in [-0.2, -0.15) is 4.37 Å². The number of aromatic nitrogens is 1. The first kappa shape index (κ1) is 15.0. The van der Waals surface area contributed by atoms with Gasteiger partial charge in [-0.1, -0.05) is 30.3 Å². The zero-order chi connectivity index (χ0) is 15.4. The predicted octanol–water partition coefficient (Wildman–Crippen LogP) is 2.48. The van der Waals surface area contributed by atoms with Gasteiger partial charge >= 0.3 is 11.9 Å². The molecule has 0 fully saturated rings. The molecule has 7 heteroatoms. The predicted molar refractivity (Wildman–Crippen MR) is 78.6 cm³/mol. The van der Waals surface area contributed by atoms with Gasteiger partial charge in [0.25, 0.3) is 0 Å². The Balaban J connectivity index is 2.37. The third kappa shape index (κ3) is 3.19. The topological polar surface area (TPSA) is 88.5 Å². The number of carboxylic acid groups (broad SMARTS) is 1. The highest BCUT2D eigenvalue weighted by Gasteiger charge is 2.25. The maximum absolute atomic E-state index is 12.0. The summed E-state index contributed by atoms with van der Waals surface area (Å²) < 4.78 is 8.80. The zero-order valence-electron chi connectivity index (χ0n) is 11.5. The Labute approximate surface area is 125 Å². The van der Waals surface area contributed by atoms with Crippen LogP contribution in [0.1, 0.15) is 27.7 Å². The molecular formula is C14H14N2O4S. The Bertz CT molecular complexity index is 654. The van der Waals surface area contributed by atoms with Crippen molar-refractivity contribution in [3.05, 3.63) is 47.2 Å². The van der Waals surface area contributed by atoms with Gasteiger partial charge in [0.1, 0.15) is 10.6 Å². The second kappa shape index (κ2) is 6.36. The standard InChI is InChI=1S/C14H14N2O4S/c1-8-10(13(17)18)12(21-16-8)15-11(14(19)20-2)9-6-4-3-5-7-9/h3-7,11,15H,1-2H3,(H,17,18). The van der Waals surface area contributed by atoms with Crippen molar-refractivity contribution in [2.45, 2.75) is 13.0 Å². The average molecular weight is 306 g/mol. The zero-order valence-corrected chi connectivity index (χ0v) is 12.3. The number of hydrogen-bond acceptors (Lipinski definition) is 6. The molecule has 0 aliphatic rings. The van der Waals surface area contributed by atoms with Crippen LogP contribution in [-0.2, 0) is 9.53 Å². The number of carbonyl (C=O) groups excluding carboxylic acids is 1. The van der Waals surface area contributed by atoms with Crippen LogP contribution in [-0.4, -0.2) is 28.5 Å². The number of esters is 1. The van der Waals surface area contributed by atoms with E-state index in [4.69, 9.17) is 4.74 Å². The number of ether oxygens (including phenoxy) is 1. The second-order valence-corrected chi connectivity index (χ2v) is 5.06. The summed E-state index contributed by atoms with van der Waals surface area (Å²) in [5.74, 6) is -1.58. The van der Waals surface area contributed by atoms with Crippen LogP contribution in [0.15, 0.2) is 30.3 Å². The van der Waals surface area contributed by atoms with Crippen molar-refractivity contribution in [3.8, 4) is 0 Å². The molecule has 6 nitrogen and oxygen atoms in total. The maximum Gasteiger partial charge on any atom is 0.340 e. The lowest BCUT2D eigenvalue weighted by atomic mass is 10.1. The summed E-state index contributed by atoms with van der Waals surface area (Å²) >= 11 is 1.01. The quantitative estimate of drug-likeness (QED) is 0.825. The Hall–Kier alpha value is -2.41. The Morgan fingerprint density at radius 1 is 1.33 bits per heavy atom. The lowest BCUT2D eigenvalue weighted by molar-refractivity contribution is -0.141. The third-order valence-corrected chi connectivity index (χ3v) is 3.79. The highest BCUT2D eigenvalue weighted by atomic mass is 32.1. The summed E-state index contributed by atoms with van der Waals surface area (Å²) in [5.41, 5.74) is 1.17. The van der Waals surface area contributed by atoms with Gasteiger partial charge in [0.05, 0.1) is 12.8 Å². The SMILES string of the molecule is COC(=O)C(Nc1snc(C)c1C(=O)O)c1ccccc1. The lowest BCUT2D eigenvalue weighted by Crippen LogP contribution is -2.22. The molecular weight excluding hydrogens is 292 g/mol. The van der Waals surface area contributed by atoms with Crippen molar-refractivity contribution < 1.29 is 19.4 Å². The van der Waals surface area contributed by atoms with Gasteiger partial charge in [-0.15, -0.1) is 0 Å². The summed E-state index contributed by atoms with van der Waals surface area (Å²) in [6.07, 6.45) is 0. The number of anilines is 1. The minimum absolute atomic E-state index is 0.0739. The largest absolute Gasteiger partial charge is 0.478 e. The molecule has 0 radical (unpaired) electrons. The number of aromatic carboxylic acids is 1. The Morgan fingerprint density at radius 3 is 2.57 bits per heavy atom. The first-order valence-electron chi connectivity index (χ1n) is 6.13. The molecule has 110 valence electrons. The fraction of sp³-hybridized carbons (Fsp3) is 0.214.